The molecule has 1 rings (SSSR count). The first-order chi connectivity index (χ1) is 7.45. The Balaban J connectivity index is 2.59. The van der Waals surface area contributed by atoms with Crippen molar-refractivity contribution >= 4 is 21.6 Å². The second-order valence-electron chi connectivity index (χ2n) is 3.57. The van der Waals surface area contributed by atoms with Crippen molar-refractivity contribution < 1.29 is 8.42 Å². The molecule has 0 saturated carbocycles. The lowest BCUT2D eigenvalue weighted by Crippen LogP contribution is -2.30. The molecular formula is C9H16ClN3O2S. The summed E-state index contributed by atoms with van der Waals surface area (Å²) in [6, 6.07) is 0. The van der Waals surface area contributed by atoms with Crippen molar-refractivity contribution in [3.8, 4) is 0 Å². The molecule has 0 saturated heterocycles. The molecule has 1 aromatic heterocycles. The van der Waals surface area contributed by atoms with Crippen LogP contribution in [-0.2, 0) is 10.0 Å². The zero-order chi connectivity index (χ0) is 12.2. The van der Waals surface area contributed by atoms with E-state index in [2.05, 4.69) is 14.7 Å². The van der Waals surface area contributed by atoms with Gasteiger partial charge in [0.15, 0.2) is 5.03 Å². The summed E-state index contributed by atoms with van der Waals surface area (Å²) < 4.78 is 25.9. The van der Waals surface area contributed by atoms with Crippen molar-refractivity contribution in [1.29, 1.82) is 0 Å². The van der Waals surface area contributed by atoms with E-state index in [0.717, 1.165) is 12.8 Å². The summed E-state index contributed by atoms with van der Waals surface area (Å²) in [6.45, 7) is 3.93. The number of alkyl halides is 1. The smallest absolute Gasteiger partial charge is 0.257 e. The van der Waals surface area contributed by atoms with Gasteiger partial charge in [0, 0.05) is 11.9 Å². The molecule has 0 fully saturated rings. The summed E-state index contributed by atoms with van der Waals surface area (Å²) in [6.07, 6.45) is 3.01. The van der Waals surface area contributed by atoms with Gasteiger partial charge in [0.1, 0.15) is 5.82 Å². The molecule has 0 radical (unpaired) electrons. The van der Waals surface area contributed by atoms with Gasteiger partial charge in [-0.15, -0.1) is 11.6 Å². The average Bonchev–Trinajstić information content (AvgIpc) is 2.63. The number of rotatable bonds is 6. The largest absolute Gasteiger partial charge is 0.332 e. The maximum atomic E-state index is 11.7. The average molecular weight is 266 g/mol. The molecule has 92 valence electrons. The van der Waals surface area contributed by atoms with Crippen molar-refractivity contribution in [2.45, 2.75) is 37.1 Å². The number of aryl methyl sites for hydroxylation is 1. The Kier molecular flexibility index (Phi) is 4.76. The Morgan fingerprint density at radius 2 is 2.31 bits per heavy atom. The molecule has 0 aromatic carbocycles. The second-order valence-corrected chi connectivity index (χ2v) is 5.92. The minimum Gasteiger partial charge on any atom is -0.332 e. The van der Waals surface area contributed by atoms with Crippen LogP contribution in [0.1, 0.15) is 25.6 Å². The fraction of sp³-hybridized carbons (Fsp3) is 0.667. The highest BCUT2D eigenvalue weighted by Gasteiger charge is 2.17. The van der Waals surface area contributed by atoms with Crippen molar-refractivity contribution in [1.82, 2.24) is 14.7 Å². The minimum absolute atomic E-state index is 0.0744. The van der Waals surface area contributed by atoms with Crippen LogP contribution < -0.4 is 4.72 Å². The van der Waals surface area contributed by atoms with Crippen molar-refractivity contribution in [2.24, 2.45) is 0 Å². The zero-order valence-electron chi connectivity index (χ0n) is 9.33. The number of sulfonamides is 1. The minimum atomic E-state index is -3.51. The standard InChI is InChI=1S/C9H16ClN3O2S/c1-3-4-8(10)5-12-16(14,15)9-6-11-7(2)13-9/h6,8,12H,3-5H2,1-2H3,(H,11,13). The molecular weight excluding hydrogens is 250 g/mol. The van der Waals surface area contributed by atoms with E-state index in [0.29, 0.717) is 5.82 Å². The summed E-state index contributed by atoms with van der Waals surface area (Å²) in [5.74, 6) is 0.566. The Hall–Kier alpha value is -0.590. The van der Waals surface area contributed by atoms with E-state index in [1.807, 2.05) is 6.92 Å². The predicted octanol–water partition coefficient (Wildman–Crippen LogP) is 1.40. The van der Waals surface area contributed by atoms with E-state index in [1.165, 1.54) is 6.20 Å². The van der Waals surface area contributed by atoms with Gasteiger partial charge in [0.25, 0.3) is 10.0 Å². The number of hydrogen-bond donors (Lipinski definition) is 2. The lowest BCUT2D eigenvalue weighted by molar-refractivity contribution is 0.573. The zero-order valence-corrected chi connectivity index (χ0v) is 10.9. The summed E-state index contributed by atoms with van der Waals surface area (Å²) in [7, 11) is -3.51. The maximum absolute atomic E-state index is 11.7. The Morgan fingerprint density at radius 1 is 1.62 bits per heavy atom. The van der Waals surface area contributed by atoms with Crippen molar-refractivity contribution in [2.75, 3.05) is 6.54 Å². The molecule has 5 nitrogen and oxygen atoms in total. The van der Waals surface area contributed by atoms with Gasteiger partial charge < -0.3 is 4.98 Å². The number of hydrogen-bond acceptors (Lipinski definition) is 3. The lowest BCUT2D eigenvalue weighted by atomic mass is 10.2. The van der Waals surface area contributed by atoms with E-state index in [9.17, 15) is 8.42 Å². The Bertz CT molecular complexity index is 430. The molecule has 0 amide bonds. The Labute approximate surface area is 101 Å². The van der Waals surface area contributed by atoms with Gasteiger partial charge in [-0.3, -0.25) is 0 Å². The van der Waals surface area contributed by atoms with Crippen molar-refractivity contribution in [3.05, 3.63) is 12.0 Å². The van der Waals surface area contributed by atoms with Crippen LogP contribution in [0, 0.1) is 6.92 Å². The van der Waals surface area contributed by atoms with E-state index in [4.69, 9.17) is 11.6 Å². The van der Waals surface area contributed by atoms with Gasteiger partial charge in [0.2, 0.25) is 0 Å². The molecule has 1 unspecified atom stereocenters. The van der Waals surface area contributed by atoms with Crippen LogP contribution in [0.4, 0.5) is 0 Å². The van der Waals surface area contributed by atoms with Gasteiger partial charge in [0.05, 0.1) is 6.20 Å². The molecule has 0 aliphatic heterocycles. The Morgan fingerprint density at radius 3 is 2.81 bits per heavy atom. The third-order valence-electron chi connectivity index (χ3n) is 2.07. The summed E-state index contributed by atoms with van der Waals surface area (Å²) in [4.78, 5) is 6.51. The van der Waals surface area contributed by atoms with Crippen LogP contribution >= 0.6 is 11.6 Å². The third-order valence-corrected chi connectivity index (χ3v) is 3.77. The van der Waals surface area contributed by atoms with Gasteiger partial charge in [-0.25, -0.2) is 18.1 Å². The number of nitrogens with zero attached hydrogens (tertiary/aromatic N) is 1. The van der Waals surface area contributed by atoms with E-state index in [-0.39, 0.29) is 16.9 Å². The fourth-order valence-corrected chi connectivity index (χ4v) is 2.66. The summed E-state index contributed by atoms with van der Waals surface area (Å²) in [5, 5.41) is -0.103. The fourth-order valence-electron chi connectivity index (χ4n) is 1.23. The molecule has 1 atom stereocenters. The van der Waals surface area contributed by atoms with Gasteiger partial charge >= 0.3 is 0 Å². The quantitative estimate of drug-likeness (QED) is 0.764. The lowest BCUT2D eigenvalue weighted by Gasteiger charge is -2.08. The normalized spacial score (nSPS) is 13.9. The number of nitrogens with one attached hydrogen (secondary N) is 2. The molecule has 0 aliphatic rings. The molecule has 7 heteroatoms. The number of H-pyrrole nitrogens is 1. The van der Waals surface area contributed by atoms with Crippen LogP contribution in [-0.4, -0.2) is 30.3 Å². The monoisotopic (exact) mass is 265 g/mol. The van der Waals surface area contributed by atoms with Gasteiger partial charge in [-0.05, 0) is 13.3 Å². The van der Waals surface area contributed by atoms with E-state index >= 15 is 0 Å². The summed E-state index contributed by atoms with van der Waals surface area (Å²) >= 11 is 5.93. The number of aromatic nitrogens is 2. The summed E-state index contributed by atoms with van der Waals surface area (Å²) in [5.41, 5.74) is 0. The highest BCUT2D eigenvalue weighted by atomic mass is 35.5. The SMILES string of the molecule is CCCC(Cl)CNS(=O)(=O)c1cnc(C)[nH]1. The van der Waals surface area contributed by atoms with Gasteiger partial charge in [-0.1, -0.05) is 13.3 Å². The van der Waals surface area contributed by atoms with E-state index < -0.39 is 10.0 Å². The number of aromatic amines is 1. The van der Waals surface area contributed by atoms with Gasteiger partial charge in [-0.2, -0.15) is 0 Å². The molecule has 0 spiro atoms. The van der Waals surface area contributed by atoms with Crippen LogP contribution in [0.15, 0.2) is 11.2 Å². The van der Waals surface area contributed by atoms with Crippen LogP contribution in [0.3, 0.4) is 0 Å². The predicted molar refractivity (Wildman–Crippen MR) is 63.1 cm³/mol. The van der Waals surface area contributed by atoms with E-state index in [1.54, 1.807) is 6.92 Å². The highest BCUT2D eigenvalue weighted by molar-refractivity contribution is 7.89. The van der Waals surface area contributed by atoms with Crippen LogP contribution in [0.5, 0.6) is 0 Å². The third kappa shape index (κ3) is 3.77. The first kappa shape index (κ1) is 13.5. The van der Waals surface area contributed by atoms with Crippen LogP contribution in [0.25, 0.3) is 0 Å². The first-order valence-corrected chi connectivity index (χ1v) is 7.03. The highest BCUT2D eigenvalue weighted by Crippen LogP contribution is 2.07. The molecule has 0 bridgehead atoms. The topological polar surface area (TPSA) is 74.8 Å². The maximum Gasteiger partial charge on any atom is 0.257 e. The first-order valence-electron chi connectivity index (χ1n) is 5.11. The van der Waals surface area contributed by atoms with Crippen LogP contribution in [0.2, 0.25) is 0 Å². The molecule has 1 aromatic rings. The second kappa shape index (κ2) is 5.65. The number of halogens is 1. The molecule has 0 aliphatic carbocycles. The molecule has 2 N–H and O–H groups in total. The van der Waals surface area contributed by atoms with Crippen molar-refractivity contribution in [3.63, 3.8) is 0 Å². The molecule has 16 heavy (non-hydrogen) atoms. The number of imidazole rings is 1. The molecule has 1 heterocycles.